The number of fused-ring (bicyclic) bond motifs is 3. The highest BCUT2D eigenvalue weighted by molar-refractivity contribution is 7.18. The van der Waals surface area contributed by atoms with Crippen LogP contribution in [-0.4, -0.2) is 20.7 Å². The van der Waals surface area contributed by atoms with Crippen molar-refractivity contribution in [3.05, 3.63) is 105 Å². The van der Waals surface area contributed by atoms with E-state index in [-0.39, 0.29) is 5.56 Å². The Labute approximate surface area is 213 Å². The zero-order valence-corrected chi connectivity index (χ0v) is 20.8. The van der Waals surface area contributed by atoms with E-state index in [2.05, 4.69) is 39.7 Å². The molecule has 7 heteroatoms. The quantitative estimate of drug-likeness (QED) is 0.312. The number of benzene rings is 2. The summed E-state index contributed by atoms with van der Waals surface area (Å²) in [5.74, 6) is 0.786. The SMILES string of the molecule is O=c1c2c3c(sc2ncn1CCCc1ccccc1)C[C@H](NCc1cc(-c2ccccc2)on1)CC3. The van der Waals surface area contributed by atoms with E-state index < -0.39 is 0 Å². The molecule has 0 radical (unpaired) electrons. The van der Waals surface area contributed by atoms with Crippen molar-refractivity contribution in [2.24, 2.45) is 0 Å². The first-order valence-electron chi connectivity index (χ1n) is 12.5. The third-order valence-electron chi connectivity index (χ3n) is 6.93. The van der Waals surface area contributed by atoms with Crippen molar-refractivity contribution >= 4 is 21.6 Å². The largest absolute Gasteiger partial charge is 0.356 e. The van der Waals surface area contributed by atoms with Gasteiger partial charge in [-0.15, -0.1) is 11.3 Å². The summed E-state index contributed by atoms with van der Waals surface area (Å²) in [6, 6.07) is 22.8. The summed E-state index contributed by atoms with van der Waals surface area (Å²) >= 11 is 1.67. The number of aryl methyl sites for hydroxylation is 3. The van der Waals surface area contributed by atoms with Crippen molar-refractivity contribution in [3.63, 3.8) is 0 Å². The van der Waals surface area contributed by atoms with Gasteiger partial charge in [0.05, 0.1) is 17.4 Å². The zero-order chi connectivity index (χ0) is 24.3. The lowest BCUT2D eigenvalue weighted by molar-refractivity contribution is 0.408. The van der Waals surface area contributed by atoms with Crippen molar-refractivity contribution in [1.29, 1.82) is 0 Å². The molecule has 3 aromatic heterocycles. The second-order valence-corrected chi connectivity index (χ2v) is 10.5. The van der Waals surface area contributed by atoms with Crippen LogP contribution in [0.25, 0.3) is 21.5 Å². The van der Waals surface area contributed by atoms with Crippen molar-refractivity contribution in [3.8, 4) is 11.3 Å². The van der Waals surface area contributed by atoms with E-state index in [1.54, 1.807) is 22.2 Å². The summed E-state index contributed by atoms with van der Waals surface area (Å²) in [7, 11) is 0. The molecule has 0 amide bonds. The van der Waals surface area contributed by atoms with Crippen LogP contribution in [0.2, 0.25) is 0 Å². The molecular formula is C29H28N4O2S. The fourth-order valence-electron chi connectivity index (χ4n) is 5.02. The lowest BCUT2D eigenvalue weighted by Crippen LogP contribution is -2.34. The molecule has 0 aliphatic heterocycles. The lowest BCUT2D eigenvalue weighted by atomic mass is 9.93. The van der Waals surface area contributed by atoms with E-state index in [4.69, 9.17) is 4.52 Å². The van der Waals surface area contributed by atoms with Gasteiger partial charge in [0.25, 0.3) is 5.56 Å². The Morgan fingerprint density at radius 3 is 2.72 bits per heavy atom. The number of nitrogens with zero attached hydrogens (tertiary/aromatic N) is 3. The molecule has 1 aliphatic rings. The molecule has 0 fully saturated rings. The first-order chi connectivity index (χ1) is 17.7. The van der Waals surface area contributed by atoms with Gasteiger partial charge in [-0.25, -0.2) is 4.98 Å². The highest BCUT2D eigenvalue weighted by Crippen LogP contribution is 2.33. The molecule has 1 aliphatic carbocycles. The van der Waals surface area contributed by atoms with E-state index in [1.165, 1.54) is 16.0 Å². The summed E-state index contributed by atoms with van der Waals surface area (Å²) in [5.41, 5.74) is 4.54. The van der Waals surface area contributed by atoms with Crippen LogP contribution < -0.4 is 10.9 Å². The predicted octanol–water partition coefficient (Wildman–Crippen LogP) is 5.39. The van der Waals surface area contributed by atoms with Crippen LogP contribution in [0.4, 0.5) is 0 Å². The van der Waals surface area contributed by atoms with Gasteiger partial charge in [-0.2, -0.15) is 0 Å². The topological polar surface area (TPSA) is 73.0 Å². The van der Waals surface area contributed by atoms with E-state index in [9.17, 15) is 4.79 Å². The molecule has 36 heavy (non-hydrogen) atoms. The van der Waals surface area contributed by atoms with Gasteiger partial charge >= 0.3 is 0 Å². The van der Waals surface area contributed by atoms with Crippen molar-refractivity contribution in [1.82, 2.24) is 20.0 Å². The average molecular weight is 497 g/mol. The van der Waals surface area contributed by atoms with Gasteiger partial charge in [0.15, 0.2) is 5.76 Å². The molecular weight excluding hydrogens is 468 g/mol. The first kappa shape index (κ1) is 22.9. The van der Waals surface area contributed by atoms with Gasteiger partial charge in [-0.1, -0.05) is 65.8 Å². The molecule has 3 heterocycles. The average Bonchev–Trinajstić information content (AvgIpc) is 3.55. The predicted molar refractivity (Wildman–Crippen MR) is 143 cm³/mol. The van der Waals surface area contributed by atoms with E-state index >= 15 is 0 Å². The minimum atomic E-state index is 0.105. The second-order valence-electron chi connectivity index (χ2n) is 9.39. The number of nitrogens with one attached hydrogen (secondary N) is 1. The summed E-state index contributed by atoms with van der Waals surface area (Å²) in [6.45, 7) is 1.35. The second kappa shape index (κ2) is 10.2. The highest BCUT2D eigenvalue weighted by Gasteiger charge is 2.25. The molecule has 2 aromatic carbocycles. The van der Waals surface area contributed by atoms with Gasteiger partial charge < -0.3 is 9.84 Å². The van der Waals surface area contributed by atoms with Gasteiger partial charge in [-0.3, -0.25) is 9.36 Å². The van der Waals surface area contributed by atoms with Crippen molar-refractivity contribution < 1.29 is 4.52 Å². The normalized spacial score (nSPS) is 15.3. The molecule has 1 N–H and O–H groups in total. The summed E-state index contributed by atoms with van der Waals surface area (Å²) in [4.78, 5) is 20.1. The molecule has 0 unspecified atom stereocenters. The van der Waals surface area contributed by atoms with Gasteiger partial charge in [0.2, 0.25) is 0 Å². The highest BCUT2D eigenvalue weighted by atomic mass is 32.1. The smallest absolute Gasteiger partial charge is 0.262 e. The van der Waals surface area contributed by atoms with Crippen molar-refractivity contribution in [2.75, 3.05) is 0 Å². The van der Waals surface area contributed by atoms with Crippen LogP contribution in [0.3, 0.4) is 0 Å². The number of aromatic nitrogens is 3. The van der Waals surface area contributed by atoms with Crippen LogP contribution in [-0.2, 0) is 32.4 Å². The van der Waals surface area contributed by atoms with Gasteiger partial charge in [-0.05, 0) is 43.2 Å². The molecule has 6 rings (SSSR count). The minimum Gasteiger partial charge on any atom is -0.356 e. The maximum absolute atomic E-state index is 13.3. The maximum Gasteiger partial charge on any atom is 0.262 e. The third-order valence-corrected chi connectivity index (χ3v) is 8.09. The summed E-state index contributed by atoms with van der Waals surface area (Å²) < 4.78 is 7.32. The number of hydrogen-bond acceptors (Lipinski definition) is 6. The standard InChI is InChI=1S/C29H28N4O2S/c34-29-27-24-14-13-22(30-18-23-16-25(35-32-23)21-11-5-2-6-12-21)17-26(24)36-28(27)31-19-33(29)15-7-10-20-8-3-1-4-9-20/h1-6,8-9,11-12,16,19,22,30H,7,10,13-15,17-18H2/t22-/m1/s1. The van der Waals surface area contributed by atoms with Crippen LogP contribution in [0.5, 0.6) is 0 Å². The van der Waals surface area contributed by atoms with Crippen molar-refractivity contribution in [2.45, 2.75) is 51.2 Å². The molecule has 5 aromatic rings. The minimum absolute atomic E-state index is 0.105. The lowest BCUT2D eigenvalue weighted by Gasteiger charge is -2.23. The van der Waals surface area contributed by atoms with Gasteiger partial charge in [0.1, 0.15) is 4.83 Å². The molecule has 1 atom stereocenters. The van der Waals surface area contributed by atoms with Gasteiger partial charge in [0, 0.05) is 35.6 Å². The number of rotatable bonds is 8. The Balaban J connectivity index is 1.11. The number of hydrogen-bond donors (Lipinski definition) is 1. The Morgan fingerprint density at radius 1 is 1.08 bits per heavy atom. The van der Waals surface area contributed by atoms with E-state index in [0.717, 1.165) is 59.3 Å². The van der Waals surface area contributed by atoms with Crippen LogP contribution in [0.1, 0.15) is 34.5 Å². The monoisotopic (exact) mass is 496 g/mol. The van der Waals surface area contributed by atoms with Crippen LogP contribution in [0, 0.1) is 0 Å². The molecule has 6 nitrogen and oxygen atoms in total. The third kappa shape index (κ3) is 4.76. The van der Waals surface area contributed by atoms with E-state index in [0.29, 0.717) is 19.1 Å². The Bertz CT molecular complexity index is 1520. The molecule has 0 saturated heterocycles. The van der Waals surface area contributed by atoms with E-state index in [1.807, 2.05) is 42.5 Å². The van der Waals surface area contributed by atoms with Crippen LogP contribution in [0.15, 0.2) is 82.4 Å². The maximum atomic E-state index is 13.3. The molecule has 0 saturated carbocycles. The Kier molecular flexibility index (Phi) is 6.49. The van der Waals surface area contributed by atoms with Crippen LogP contribution >= 0.6 is 11.3 Å². The fraction of sp³-hybridized carbons (Fsp3) is 0.276. The Morgan fingerprint density at radius 2 is 1.89 bits per heavy atom. The summed E-state index contributed by atoms with van der Waals surface area (Å²) in [5, 5.41) is 8.70. The zero-order valence-electron chi connectivity index (χ0n) is 20.0. The Hall–Kier alpha value is -3.55. The molecule has 0 bridgehead atoms. The summed E-state index contributed by atoms with van der Waals surface area (Å²) in [6.07, 6.45) is 6.40. The molecule has 0 spiro atoms. The first-order valence-corrected chi connectivity index (χ1v) is 13.3. The molecule has 182 valence electrons. The fourth-order valence-corrected chi connectivity index (χ4v) is 6.27. The number of thiophene rings is 1.